The van der Waals surface area contributed by atoms with Crippen LogP contribution in [0.25, 0.3) is 11.3 Å². The van der Waals surface area contributed by atoms with Crippen LogP contribution in [-0.2, 0) is 6.18 Å². The highest BCUT2D eigenvalue weighted by Gasteiger charge is 2.31. The molecule has 0 saturated carbocycles. The smallest absolute Gasteiger partial charge is 0.416 e. The first-order valence-corrected chi connectivity index (χ1v) is 5.24. The van der Waals surface area contributed by atoms with Gasteiger partial charge < -0.3 is 9.15 Å². The van der Waals surface area contributed by atoms with Crippen molar-refractivity contribution in [3.63, 3.8) is 0 Å². The van der Waals surface area contributed by atoms with Gasteiger partial charge >= 0.3 is 6.18 Å². The number of alkyl halides is 3. The average molecular weight is 256 g/mol. The first-order chi connectivity index (χ1) is 8.41. The van der Waals surface area contributed by atoms with E-state index in [1.165, 1.54) is 13.2 Å². The van der Waals surface area contributed by atoms with Crippen LogP contribution in [0.4, 0.5) is 13.2 Å². The van der Waals surface area contributed by atoms with Gasteiger partial charge in [-0.05, 0) is 37.3 Å². The molecule has 96 valence electrons. The van der Waals surface area contributed by atoms with E-state index >= 15 is 0 Å². The number of ether oxygens (including phenoxy) is 1. The fourth-order valence-electron chi connectivity index (χ4n) is 1.66. The van der Waals surface area contributed by atoms with Gasteiger partial charge in [-0.3, -0.25) is 0 Å². The van der Waals surface area contributed by atoms with Crippen molar-refractivity contribution in [3.8, 4) is 17.1 Å². The number of hydrogen-bond donors (Lipinski definition) is 0. The number of benzene rings is 1. The summed E-state index contributed by atoms with van der Waals surface area (Å²) >= 11 is 0. The van der Waals surface area contributed by atoms with Crippen LogP contribution in [0.2, 0.25) is 0 Å². The van der Waals surface area contributed by atoms with Gasteiger partial charge in [-0.15, -0.1) is 0 Å². The maximum Gasteiger partial charge on any atom is 0.416 e. The Hall–Kier alpha value is -1.91. The van der Waals surface area contributed by atoms with Gasteiger partial charge in [0, 0.05) is 0 Å². The molecule has 0 saturated heterocycles. The molecule has 1 aromatic heterocycles. The Labute approximate surface area is 102 Å². The fraction of sp³-hybridized carbons (Fsp3) is 0.231. The summed E-state index contributed by atoms with van der Waals surface area (Å²) in [5.41, 5.74) is -0.437. The van der Waals surface area contributed by atoms with Gasteiger partial charge in [0.25, 0.3) is 0 Å². The lowest BCUT2D eigenvalue weighted by Crippen LogP contribution is -2.05. The highest BCUT2D eigenvalue weighted by Crippen LogP contribution is 2.37. The Kier molecular flexibility index (Phi) is 3.07. The van der Waals surface area contributed by atoms with Crippen LogP contribution in [0.5, 0.6) is 5.75 Å². The van der Waals surface area contributed by atoms with Crippen molar-refractivity contribution in [2.45, 2.75) is 13.1 Å². The molecule has 0 aliphatic rings. The average Bonchev–Trinajstić information content (AvgIpc) is 2.73. The van der Waals surface area contributed by atoms with Crippen LogP contribution < -0.4 is 4.74 Å². The largest absolute Gasteiger partial charge is 0.496 e. The molecule has 0 atom stereocenters. The van der Waals surface area contributed by atoms with Crippen LogP contribution >= 0.6 is 0 Å². The van der Waals surface area contributed by atoms with Crippen LogP contribution in [0, 0.1) is 6.92 Å². The van der Waals surface area contributed by atoms with Crippen molar-refractivity contribution < 1.29 is 22.3 Å². The normalized spacial score (nSPS) is 11.6. The van der Waals surface area contributed by atoms with Crippen molar-refractivity contribution in [1.82, 2.24) is 0 Å². The van der Waals surface area contributed by atoms with E-state index in [4.69, 9.17) is 9.15 Å². The summed E-state index contributed by atoms with van der Waals surface area (Å²) in [7, 11) is 1.40. The molecule has 1 heterocycles. The standard InChI is InChI=1S/C13H11F3O2/c1-8-3-5-12(18-8)10-7-9(13(14,15)16)4-6-11(10)17-2/h3-7H,1-2H3. The number of halogens is 3. The molecule has 0 unspecified atom stereocenters. The summed E-state index contributed by atoms with van der Waals surface area (Å²) < 4.78 is 48.3. The molecule has 0 N–H and O–H groups in total. The number of methoxy groups -OCH3 is 1. The molecular weight excluding hydrogens is 245 g/mol. The fourth-order valence-corrected chi connectivity index (χ4v) is 1.66. The van der Waals surface area contributed by atoms with E-state index < -0.39 is 11.7 Å². The third-order valence-electron chi connectivity index (χ3n) is 2.53. The predicted octanol–water partition coefficient (Wildman–Crippen LogP) is 4.28. The third-order valence-corrected chi connectivity index (χ3v) is 2.53. The zero-order valence-corrected chi connectivity index (χ0v) is 9.84. The lowest BCUT2D eigenvalue weighted by atomic mass is 10.1. The Morgan fingerprint density at radius 3 is 2.33 bits per heavy atom. The SMILES string of the molecule is COc1ccc(C(F)(F)F)cc1-c1ccc(C)o1. The minimum atomic E-state index is -4.39. The van der Waals surface area contributed by atoms with Crippen LogP contribution in [-0.4, -0.2) is 7.11 Å². The van der Waals surface area contributed by atoms with Crippen molar-refractivity contribution in [2.24, 2.45) is 0 Å². The molecule has 2 aromatic rings. The molecule has 2 rings (SSSR count). The van der Waals surface area contributed by atoms with Crippen molar-refractivity contribution in [1.29, 1.82) is 0 Å². The molecule has 5 heteroatoms. The van der Waals surface area contributed by atoms with Crippen molar-refractivity contribution in [3.05, 3.63) is 41.7 Å². The summed E-state index contributed by atoms with van der Waals surface area (Å²) in [6.07, 6.45) is -4.39. The quantitative estimate of drug-likeness (QED) is 0.800. The van der Waals surface area contributed by atoms with Crippen molar-refractivity contribution in [2.75, 3.05) is 7.11 Å². The van der Waals surface area contributed by atoms with E-state index in [1.54, 1.807) is 19.1 Å². The van der Waals surface area contributed by atoms with E-state index in [9.17, 15) is 13.2 Å². The van der Waals surface area contributed by atoms with E-state index in [0.717, 1.165) is 12.1 Å². The lowest BCUT2D eigenvalue weighted by molar-refractivity contribution is -0.137. The zero-order valence-electron chi connectivity index (χ0n) is 9.84. The minimum absolute atomic E-state index is 0.292. The second kappa shape index (κ2) is 4.40. The second-order valence-electron chi connectivity index (χ2n) is 3.82. The van der Waals surface area contributed by atoms with Crippen LogP contribution in [0.1, 0.15) is 11.3 Å². The van der Waals surface area contributed by atoms with Gasteiger partial charge in [-0.2, -0.15) is 13.2 Å². The Bertz CT molecular complexity index is 556. The molecule has 0 aliphatic heterocycles. The number of aryl methyl sites for hydroxylation is 1. The molecule has 1 aromatic carbocycles. The molecule has 0 spiro atoms. The Morgan fingerprint density at radius 1 is 1.11 bits per heavy atom. The second-order valence-corrected chi connectivity index (χ2v) is 3.82. The van der Waals surface area contributed by atoms with Gasteiger partial charge in [0.2, 0.25) is 0 Å². The molecule has 0 fully saturated rings. The molecule has 18 heavy (non-hydrogen) atoms. The molecule has 0 bridgehead atoms. The van der Waals surface area contributed by atoms with E-state index in [-0.39, 0.29) is 0 Å². The van der Waals surface area contributed by atoms with Gasteiger partial charge in [0.1, 0.15) is 17.3 Å². The van der Waals surface area contributed by atoms with Crippen molar-refractivity contribution >= 4 is 0 Å². The maximum absolute atomic E-state index is 12.7. The summed E-state index contributed by atoms with van der Waals surface area (Å²) in [6.45, 7) is 1.73. The number of hydrogen-bond acceptors (Lipinski definition) is 2. The van der Waals surface area contributed by atoms with Gasteiger partial charge in [0.05, 0.1) is 18.2 Å². The maximum atomic E-state index is 12.7. The summed E-state index contributed by atoms with van der Waals surface area (Å²) in [5.74, 6) is 1.33. The lowest BCUT2D eigenvalue weighted by Gasteiger charge is -2.11. The Morgan fingerprint density at radius 2 is 1.83 bits per heavy atom. The zero-order chi connectivity index (χ0) is 13.3. The molecule has 0 aliphatic carbocycles. The van der Waals surface area contributed by atoms with Gasteiger partial charge in [-0.1, -0.05) is 0 Å². The topological polar surface area (TPSA) is 22.4 Å². The van der Waals surface area contributed by atoms with Gasteiger partial charge in [-0.25, -0.2) is 0 Å². The number of rotatable bonds is 2. The first-order valence-electron chi connectivity index (χ1n) is 5.24. The third kappa shape index (κ3) is 2.34. The molecule has 0 amide bonds. The first kappa shape index (κ1) is 12.5. The highest BCUT2D eigenvalue weighted by molar-refractivity contribution is 5.67. The van der Waals surface area contributed by atoms with E-state index in [0.29, 0.717) is 22.8 Å². The minimum Gasteiger partial charge on any atom is -0.496 e. The van der Waals surface area contributed by atoms with E-state index in [1.807, 2.05) is 0 Å². The molecular formula is C13H11F3O2. The highest BCUT2D eigenvalue weighted by atomic mass is 19.4. The molecule has 0 radical (unpaired) electrons. The monoisotopic (exact) mass is 256 g/mol. The Balaban J connectivity index is 2.56. The van der Waals surface area contributed by atoms with E-state index in [2.05, 4.69) is 0 Å². The predicted molar refractivity (Wildman–Crippen MR) is 60.4 cm³/mol. The summed E-state index contributed by atoms with van der Waals surface area (Å²) in [4.78, 5) is 0. The number of furan rings is 1. The van der Waals surface area contributed by atoms with Gasteiger partial charge in [0.15, 0.2) is 0 Å². The van der Waals surface area contributed by atoms with Crippen LogP contribution in [0.3, 0.4) is 0 Å². The van der Waals surface area contributed by atoms with Crippen LogP contribution in [0.15, 0.2) is 34.7 Å². The summed E-state index contributed by atoms with van der Waals surface area (Å²) in [6, 6.07) is 6.60. The summed E-state index contributed by atoms with van der Waals surface area (Å²) in [5, 5.41) is 0. The molecule has 2 nitrogen and oxygen atoms in total.